The molecule has 0 bridgehead atoms. The van der Waals surface area contributed by atoms with E-state index in [1.807, 2.05) is 0 Å². The van der Waals surface area contributed by atoms with E-state index in [0.29, 0.717) is 16.1 Å². The van der Waals surface area contributed by atoms with E-state index < -0.39 is 0 Å². The highest BCUT2D eigenvalue weighted by Crippen LogP contribution is 2.13. The Balaban J connectivity index is 2.86. The number of nitrogens with zero attached hydrogens (tertiary/aromatic N) is 5. The summed E-state index contributed by atoms with van der Waals surface area (Å²) in [4.78, 5) is 12.6. The summed E-state index contributed by atoms with van der Waals surface area (Å²) in [6.07, 6.45) is 0. The van der Waals surface area contributed by atoms with Crippen LogP contribution in [0.3, 0.4) is 0 Å². The second-order valence-corrected chi connectivity index (χ2v) is 4.20. The molecule has 9 heteroatoms. The van der Waals surface area contributed by atoms with Gasteiger partial charge in [-0.2, -0.15) is 4.86 Å². The first-order valence-electron chi connectivity index (χ1n) is 5.87. The summed E-state index contributed by atoms with van der Waals surface area (Å²) in [6.45, 7) is 3.59. The fraction of sp³-hybridized carbons (Fsp3) is 0.364. The number of rotatable bonds is 5. The van der Waals surface area contributed by atoms with Crippen molar-refractivity contribution in [3.05, 3.63) is 35.0 Å². The van der Waals surface area contributed by atoms with Gasteiger partial charge in [0.2, 0.25) is 0 Å². The van der Waals surface area contributed by atoms with Crippen LogP contribution >= 0.6 is 0 Å². The van der Waals surface area contributed by atoms with Crippen molar-refractivity contribution < 1.29 is 9.66 Å². The molecule has 9 nitrogen and oxygen atoms in total. The highest BCUT2D eigenvalue weighted by molar-refractivity contribution is 5.94. The molecule has 0 heterocycles. The van der Waals surface area contributed by atoms with Gasteiger partial charge in [0.25, 0.3) is 5.91 Å². The lowest BCUT2D eigenvalue weighted by Gasteiger charge is -2.19. The topological polar surface area (TPSA) is 122 Å². The first-order chi connectivity index (χ1) is 9.45. The van der Waals surface area contributed by atoms with E-state index in [2.05, 4.69) is 21.1 Å². The number of anilines is 1. The lowest BCUT2D eigenvalue weighted by Crippen LogP contribution is -2.32. The molecule has 1 amide bonds. The summed E-state index contributed by atoms with van der Waals surface area (Å²) < 4.78 is 0. The molecule has 0 aromatic heterocycles. The van der Waals surface area contributed by atoms with Crippen LogP contribution in [0.5, 0.6) is 0 Å². The Morgan fingerprint density at radius 3 is 2.45 bits per heavy atom. The minimum atomic E-state index is -0.321. The molecule has 0 fully saturated rings. The fourth-order valence-electron chi connectivity index (χ4n) is 1.38. The highest BCUT2D eigenvalue weighted by Gasteiger charge is 2.18. The molecule has 0 saturated carbocycles. The maximum atomic E-state index is 12.2. The van der Waals surface area contributed by atoms with Crippen LogP contribution in [0.25, 0.3) is 0 Å². The molecular weight excluding hydrogens is 262 g/mol. The molecule has 0 atom stereocenters. The lowest BCUT2D eigenvalue weighted by atomic mass is 10.2. The molecule has 0 spiro atoms. The van der Waals surface area contributed by atoms with Crippen LogP contribution in [-0.4, -0.2) is 28.9 Å². The second kappa shape index (κ2) is 7.02. The SMILES string of the molecule is CC(C)N(/N=N\N)C(=O)c1ccc(N/N=[N+](\C)[O-])cc1. The molecule has 0 saturated heterocycles. The Bertz CT molecular complexity index is 506. The van der Waals surface area contributed by atoms with Crippen LogP contribution in [0.15, 0.2) is 39.9 Å². The van der Waals surface area contributed by atoms with Crippen LogP contribution in [0.2, 0.25) is 0 Å². The maximum absolute atomic E-state index is 12.2. The average Bonchev–Trinajstić information content (AvgIpc) is 2.42. The zero-order valence-corrected chi connectivity index (χ0v) is 11.5. The third-order valence-electron chi connectivity index (χ3n) is 2.30. The van der Waals surface area contributed by atoms with Gasteiger partial charge in [-0.3, -0.25) is 4.79 Å². The van der Waals surface area contributed by atoms with Crippen molar-refractivity contribution in [3.63, 3.8) is 0 Å². The minimum Gasteiger partial charge on any atom is -0.696 e. The molecule has 0 radical (unpaired) electrons. The summed E-state index contributed by atoms with van der Waals surface area (Å²) in [6, 6.07) is 6.26. The first kappa shape index (κ1) is 15.3. The normalized spacial score (nSPS) is 11.9. The van der Waals surface area contributed by atoms with Crippen LogP contribution in [0.4, 0.5) is 5.69 Å². The van der Waals surface area contributed by atoms with Crippen molar-refractivity contribution in [3.8, 4) is 0 Å². The van der Waals surface area contributed by atoms with Crippen molar-refractivity contribution >= 4 is 11.6 Å². The highest BCUT2D eigenvalue weighted by atomic mass is 16.5. The van der Waals surface area contributed by atoms with E-state index in [1.54, 1.807) is 38.1 Å². The number of carbonyl (C=O) groups is 1. The van der Waals surface area contributed by atoms with Gasteiger partial charge in [-0.15, -0.1) is 5.43 Å². The minimum absolute atomic E-state index is 0.170. The lowest BCUT2D eigenvalue weighted by molar-refractivity contribution is -0.497. The zero-order chi connectivity index (χ0) is 15.1. The fourth-order valence-corrected chi connectivity index (χ4v) is 1.38. The van der Waals surface area contributed by atoms with Crippen LogP contribution in [0, 0.1) is 5.21 Å². The van der Waals surface area contributed by atoms with Gasteiger partial charge < -0.3 is 11.0 Å². The first-order valence-corrected chi connectivity index (χ1v) is 5.87. The predicted octanol–water partition coefficient (Wildman–Crippen LogP) is 1.70. The molecular formula is C11H17N7O2. The van der Waals surface area contributed by atoms with Crippen molar-refractivity contribution in [1.29, 1.82) is 0 Å². The third kappa shape index (κ3) is 4.19. The summed E-state index contributed by atoms with van der Waals surface area (Å²) in [5.41, 5.74) is 3.55. The molecule has 20 heavy (non-hydrogen) atoms. The van der Waals surface area contributed by atoms with Crippen LogP contribution in [0.1, 0.15) is 24.2 Å². The summed E-state index contributed by atoms with van der Waals surface area (Å²) >= 11 is 0. The number of amides is 1. The van der Waals surface area contributed by atoms with Crippen molar-refractivity contribution in [2.75, 3.05) is 12.5 Å². The van der Waals surface area contributed by atoms with E-state index >= 15 is 0 Å². The van der Waals surface area contributed by atoms with E-state index in [0.717, 1.165) is 0 Å². The molecule has 1 aromatic carbocycles. The smallest absolute Gasteiger partial charge is 0.275 e. The third-order valence-corrected chi connectivity index (χ3v) is 2.30. The standard InChI is InChI=1S/C11H17N7O2/c1-8(2)18(16-14-12)11(19)9-4-6-10(7-5-9)13-15-17(3)20/h4-8,13H,1-3H3,(H2,12,16)/b17-15+. The van der Waals surface area contributed by atoms with Crippen LogP contribution in [-0.2, 0) is 0 Å². The Morgan fingerprint density at radius 2 is 2.00 bits per heavy atom. The molecule has 1 aromatic rings. The second-order valence-electron chi connectivity index (χ2n) is 4.20. The zero-order valence-electron chi connectivity index (χ0n) is 11.5. The van der Waals surface area contributed by atoms with Crippen molar-refractivity contribution in [2.24, 2.45) is 21.5 Å². The van der Waals surface area contributed by atoms with E-state index in [9.17, 15) is 10.0 Å². The van der Waals surface area contributed by atoms with Gasteiger partial charge in [-0.25, -0.2) is 5.01 Å². The monoisotopic (exact) mass is 279 g/mol. The number of hydrogen-bond donors (Lipinski definition) is 2. The largest absolute Gasteiger partial charge is 0.696 e. The number of nitrogens with two attached hydrogens (primary N) is 1. The molecule has 0 aliphatic rings. The Morgan fingerprint density at radius 1 is 1.40 bits per heavy atom. The number of hydroxylamine groups is 1. The Hall–Kier alpha value is -2.71. The van der Waals surface area contributed by atoms with Gasteiger partial charge in [-0.1, -0.05) is 5.22 Å². The molecule has 0 unspecified atom stereocenters. The molecule has 0 aliphatic heterocycles. The van der Waals surface area contributed by atoms with Crippen LogP contribution < -0.4 is 11.3 Å². The molecule has 108 valence electrons. The number of carbonyl (C=O) groups excluding carboxylic acids is 1. The number of benzene rings is 1. The van der Waals surface area contributed by atoms with Crippen molar-refractivity contribution in [2.45, 2.75) is 19.9 Å². The van der Waals surface area contributed by atoms with E-state index in [-0.39, 0.29) is 11.9 Å². The summed E-state index contributed by atoms with van der Waals surface area (Å²) in [7, 11) is 1.25. The van der Waals surface area contributed by atoms with Gasteiger partial charge in [0, 0.05) is 5.56 Å². The van der Waals surface area contributed by atoms with Gasteiger partial charge in [0.05, 0.1) is 11.3 Å². The average molecular weight is 279 g/mol. The molecule has 0 aliphatic carbocycles. The van der Waals surface area contributed by atoms with Gasteiger partial charge >= 0.3 is 0 Å². The van der Waals surface area contributed by atoms with E-state index in [4.69, 9.17) is 5.84 Å². The number of nitrogens with one attached hydrogen (secondary N) is 1. The number of hydrogen-bond acceptors (Lipinski definition) is 5. The van der Waals surface area contributed by atoms with Gasteiger partial charge in [0.1, 0.15) is 12.7 Å². The van der Waals surface area contributed by atoms with E-state index in [1.165, 1.54) is 12.1 Å². The predicted molar refractivity (Wildman–Crippen MR) is 72.4 cm³/mol. The summed E-state index contributed by atoms with van der Waals surface area (Å²) in [5, 5.41) is 22.0. The maximum Gasteiger partial charge on any atom is 0.275 e. The Labute approximate surface area is 116 Å². The molecule has 1 rings (SSSR count). The van der Waals surface area contributed by atoms with Crippen molar-refractivity contribution in [1.82, 2.24) is 5.01 Å². The molecule has 3 N–H and O–H groups in total. The van der Waals surface area contributed by atoms with Gasteiger partial charge in [-0.05, 0) is 43.3 Å². The Kier molecular flexibility index (Phi) is 5.39. The van der Waals surface area contributed by atoms with Gasteiger partial charge in [0.15, 0.2) is 0 Å². The quantitative estimate of drug-likeness (QED) is 0.368. The summed E-state index contributed by atoms with van der Waals surface area (Å²) in [5.74, 6) is 4.66.